The number of pyridine rings is 1. The molecule has 0 aliphatic heterocycles. The van der Waals surface area contributed by atoms with Crippen LogP contribution >= 0.6 is 0 Å². The number of rotatable bonds is 3. The molecule has 0 saturated carbocycles. The van der Waals surface area contributed by atoms with E-state index >= 15 is 0 Å². The average Bonchev–Trinajstić information content (AvgIpc) is 2.17. The zero-order valence-electron chi connectivity index (χ0n) is 7.66. The van der Waals surface area contributed by atoms with Gasteiger partial charge in [-0.3, -0.25) is 4.98 Å². The Morgan fingerprint density at radius 1 is 1.50 bits per heavy atom. The van der Waals surface area contributed by atoms with Crippen LogP contribution in [0.2, 0.25) is 0 Å². The summed E-state index contributed by atoms with van der Waals surface area (Å²) >= 11 is 0. The van der Waals surface area contributed by atoms with Crippen molar-refractivity contribution in [3.05, 3.63) is 24.0 Å². The van der Waals surface area contributed by atoms with Gasteiger partial charge in [0, 0.05) is 12.2 Å². The monoisotopic (exact) mass is 166 g/mol. The standard InChI is InChI=1S/C9H14N2O/c1-7(10-2)8-4-9(12-3)6-11-5-8/h4-7,10H,1-3H3/t7-/m0/s1. The van der Waals surface area contributed by atoms with E-state index in [0.29, 0.717) is 6.04 Å². The summed E-state index contributed by atoms with van der Waals surface area (Å²) in [5.74, 6) is 0.801. The van der Waals surface area contributed by atoms with E-state index in [1.165, 1.54) is 0 Å². The molecule has 66 valence electrons. The van der Waals surface area contributed by atoms with E-state index in [-0.39, 0.29) is 0 Å². The Bertz CT molecular complexity index is 250. The van der Waals surface area contributed by atoms with Crippen LogP contribution in [-0.2, 0) is 0 Å². The number of aromatic nitrogens is 1. The van der Waals surface area contributed by atoms with E-state index in [0.717, 1.165) is 11.3 Å². The van der Waals surface area contributed by atoms with Crippen molar-refractivity contribution in [2.75, 3.05) is 14.2 Å². The van der Waals surface area contributed by atoms with Crippen molar-refractivity contribution in [1.82, 2.24) is 10.3 Å². The second kappa shape index (κ2) is 4.07. The Morgan fingerprint density at radius 2 is 2.25 bits per heavy atom. The molecule has 1 rings (SSSR count). The molecule has 0 aliphatic carbocycles. The lowest BCUT2D eigenvalue weighted by atomic mass is 10.1. The number of methoxy groups -OCH3 is 1. The number of nitrogens with zero attached hydrogens (tertiary/aromatic N) is 1. The quantitative estimate of drug-likeness (QED) is 0.736. The normalized spacial score (nSPS) is 12.6. The molecule has 0 amide bonds. The highest BCUT2D eigenvalue weighted by Crippen LogP contribution is 2.16. The highest BCUT2D eigenvalue weighted by molar-refractivity contribution is 5.25. The van der Waals surface area contributed by atoms with Gasteiger partial charge in [-0.05, 0) is 25.6 Å². The molecular formula is C9H14N2O. The SMILES string of the molecule is CN[C@@H](C)c1cncc(OC)c1. The molecule has 0 fully saturated rings. The molecule has 1 heterocycles. The molecule has 3 heteroatoms. The van der Waals surface area contributed by atoms with Crippen LogP contribution in [0.15, 0.2) is 18.5 Å². The van der Waals surface area contributed by atoms with Crippen molar-refractivity contribution in [3.63, 3.8) is 0 Å². The lowest BCUT2D eigenvalue weighted by molar-refractivity contribution is 0.411. The maximum Gasteiger partial charge on any atom is 0.137 e. The van der Waals surface area contributed by atoms with Gasteiger partial charge in [-0.15, -0.1) is 0 Å². The number of nitrogens with one attached hydrogen (secondary N) is 1. The topological polar surface area (TPSA) is 34.2 Å². The average molecular weight is 166 g/mol. The Kier molecular flexibility index (Phi) is 3.05. The van der Waals surface area contributed by atoms with Crippen LogP contribution in [-0.4, -0.2) is 19.1 Å². The van der Waals surface area contributed by atoms with Crippen LogP contribution in [0.5, 0.6) is 5.75 Å². The molecule has 1 atom stereocenters. The molecule has 1 N–H and O–H groups in total. The third-order valence-corrected chi connectivity index (χ3v) is 1.90. The summed E-state index contributed by atoms with van der Waals surface area (Å²) in [5.41, 5.74) is 1.14. The maximum atomic E-state index is 5.06. The number of ether oxygens (including phenoxy) is 1. The van der Waals surface area contributed by atoms with Crippen molar-refractivity contribution in [2.24, 2.45) is 0 Å². The summed E-state index contributed by atoms with van der Waals surface area (Å²) in [7, 11) is 3.56. The molecule has 3 nitrogen and oxygen atoms in total. The van der Waals surface area contributed by atoms with Crippen LogP contribution in [0, 0.1) is 0 Å². The van der Waals surface area contributed by atoms with Gasteiger partial charge >= 0.3 is 0 Å². The maximum absolute atomic E-state index is 5.06. The molecular weight excluding hydrogens is 152 g/mol. The van der Waals surface area contributed by atoms with E-state index in [1.54, 1.807) is 13.3 Å². The number of hydrogen-bond donors (Lipinski definition) is 1. The van der Waals surface area contributed by atoms with Crippen molar-refractivity contribution in [3.8, 4) is 5.75 Å². The van der Waals surface area contributed by atoms with E-state index < -0.39 is 0 Å². The van der Waals surface area contributed by atoms with Crippen LogP contribution in [0.3, 0.4) is 0 Å². The molecule has 0 aromatic carbocycles. The minimum Gasteiger partial charge on any atom is -0.495 e. The van der Waals surface area contributed by atoms with Gasteiger partial charge in [-0.1, -0.05) is 0 Å². The van der Waals surface area contributed by atoms with Gasteiger partial charge in [0.25, 0.3) is 0 Å². The lowest BCUT2D eigenvalue weighted by Gasteiger charge is -2.10. The molecule has 1 aromatic heterocycles. The zero-order chi connectivity index (χ0) is 8.97. The fourth-order valence-corrected chi connectivity index (χ4v) is 0.951. The highest BCUT2D eigenvalue weighted by Gasteiger charge is 2.02. The highest BCUT2D eigenvalue weighted by atomic mass is 16.5. The van der Waals surface area contributed by atoms with Crippen molar-refractivity contribution >= 4 is 0 Å². The molecule has 0 saturated heterocycles. The van der Waals surface area contributed by atoms with E-state index in [1.807, 2.05) is 19.3 Å². The summed E-state index contributed by atoms with van der Waals surface area (Å²) in [4.78, 5) is 4.06. The molecule has 12 heavy (non-hydrogen) atoms. The fourth-order valence-electron chi connectivity index (χ4n) is 0.951. The molecule has 0 bridgehead atoms. The summed E-state index contributed by atoms with van der Waals surface area (Å²) in [6, 6.07) is 2.29. The Morgan fingerprint density at radius 3 is 2.83 bits per heavy atom. The third kappa shape index (κ3) is 1.95. The Balaban J connectivity index is 2.86. The van der Waals surface area contributed by atoms with Gasteiger partial charge in [-0.2, -0.15) is 0 Å². The van der Waals surface area contributed by atoms with Gasteiger partial charge in [0.1, 0.15) is 5.75 Å². The van der Waals surface area contributed by atoms with Gasteiger partial charge in [-0.25, -0.2) is 0 Å². The second-order valence-corrected chi connectivity index (χ2v) is 2.67. The predicted molar refractivity (Wildman–Crippen MR) is 48.3 cm³/mol. The van der Waals surface area contributed by atoms with Crippen LogP contribution in [0.4, 0.5) is 0 Å². The van der Waals surface area contributed by atoms with Gasteiger partial charge in [0.05, 0.1) is 13.3 Å². The largest absolute Gasteiger partial charge is 0.495 e. The first kappa shape index (κ1) is 9.00. The summed E-state index contributed by atoms with van der Waals surface area (Å²) in [6.07, 6.45) is 3.54. The van der Waals surface area contributed by atoms with Crippen molar-refractivity contribution in [2.45, 2.75) is 13.0 Å². The van der Waals surface area contributed by atoms with Crippen LogP contribution in [0.25, 0.3) is 0 Å². The summed E-state index contributed by atoms with van der Waals surface area (Å²) in [6.45, 7) is 2.08. The van der Waals surface area contributed by atoms with Crippen molar-refractivity contribution in [1.29, 1.82) is 0 Å². The van der Waals surface area contributed by atoms with Gasteiger partial charge < -0.3 is 10.1 Å². The Hall–Kier alpha value is -1.09. The Labute approximate surface area is 72.8 Å². The first-order valence-corrected chi connectivity index (χ1v) is 3.94. The first-order valence-electron chi connectivity index (χ1n) is 3.94. The molecule has 1 aromatic rings. The van der Waals surface area contributed by atoms with Crippen LogP contribution in [0.1, 0.15) is 18.5 Å². The van der Waals surface area contributed by atoms with Crippen molar-refractivity contribution < 1.29 is 4.74 Å². The minimum atomic E-state index is 0.313. The minimum absolute atomic E-state index is 0.313. The summed E-state index contributed by atoms with van der Waals surface area (Å²) in [5, 5.41) is 3.14. The zero-order valence-corrected chi connectivity index (χ0v) is 7.66. The second-order valence-electron chi connectivity index (χ2n) is 2.67. The first-order chi connectivity index (χ1) is 5.77. The molecule has 0 unspecified atom stereocenters. The molecule has 0 spiro atoms. The van der Waals surface area contributed by atoms with Gasteiger partial charge in [0.15, 0.2) is 0 Å². The van der Waals surface area contributed by atoms with Crippen LogP contribution < -0.4 is 10.1 Å². The van der Waals surface area contributed by atoms with Gasteiger partial charge in [0.2, 0.25) is 0 Å². The fraction of sp³-hybridized carbons (Fsp3) is 0.444. The number of hydrogen-bond acceptors (Lipinski definition) is 3. The third-order valence-electron chi connectivity index (χ3n) is 1.90. The van der Waals surface area contributed by atoms with E-state index in [4.69, 9.17) is 4.74 Å². The lowest BCUT2D eigenvalue weighted by Crippen LogP contribution is -2.12. The van der Waals surface area contributed by atoms with E-state index in [2.05, 4.69) is 17.2 Å². The smallest absolute Gasteiger partial charge is 0.137 e. The summed E-state index contributed by atoms with van der Waals surface area (Å²) < 4.78 is 5.06. The molecule has 0 radical (unpaired) electrons. The predicted octanol–water partition coefficient (Wildman–Crippen LogP) is 1.37. The molecule has 0 aliphatic rings. The van der Waals surface area contributed by atoms with E-state index in [9.17, 15) is 0 Å².